The fraction of sp³-hybridized carbons (Fsp3) is 0.429. The predicted octanol–water partition coefficient (Wildman–Crippen LogP) is 2.00. The Balaban J connectivity index is 0.000000697. The number of nitrogens with one attached hydrogen (secondary N) is 1. The van der Waals surface area contributed by atoms with Crippen LogP contribution in [0.5, 0.6) is 0 Å². The van der Waals surface area contributed by atoms with E-state index >= 15 is 0 Å². The second kappa shape index (κ2) is 8.81. The maximum absolute atomic E-state index is 12.1. The van der Waals surface area contributed by atoms with Crippen molar-refractivity contribution < 1.29 is 41.4 Å². The summed E-state index contributed by atoms with van der Waals surface area (Å²) >= 11 is 0. The summed E-state index contributed by atoms with van der Waals surface area (Å²) in [5.41, 5.74) is 2.32. The Labute approximate surface area is 142 Å². The van der Waals surface area contributed by atoms with Gasteiger partial charge >= 0.3 is 18.1 Å². The number of benzene rings is 1. The van der Waals surface area contributed by atoms with Crippen LogP contribution in [-0.4, -0.2) is 43.3 Å². The van der Waals surface area contributed by atoms with Crippen LogP contribution < -0.4 is 4.72 Å². The zero-order chi connectivity index (χ0) is 20.0. The van der Waals surface area contributed by atoms with Crippen LogP contribution in [0.2, 0.25) is 0 Å². The number of hydrogen-bond donors (Lipinski definition) is 3. The highest BCUT2D eigenvalue weighted by Crippen LogP contribution is 2.21. The van der Waals surface area contributed by atoms with E-state index < -0.39 is 28.1 Å². The Morgan fingerprint density at radius 3 is 1.80 bits per heavy atom. The second-order valence-electron chi connectivity index (χ2n) is 5.07. The zero-order valence-electron chi connectivity index (χ0n) is 13.6. The van der Waals surface area contributed by atoms with Crippen molar-refractivity contribution in [2.75, 3.05) is 6.54 Å². The molecule has 11 heteroatoms. The van der Waals surface area contributed by atoms with E-state index in [1.165, 1.54) is 0 Å². The van der Waals surface area contributed by atoms with Crippen molar-refractivity contribution in [3.8, 4) is 0 Å². The summed E-state index contributed by atoms with van der Waals surface area (Å²) in [5, 5.41) is 15.6. The summed E-state index contributed by atoms with van der Waals surface area (Å²) in [6.07, 6.45) is -5.32. The van der Waals surface area contributed by atoms with Crippen molar-refractivity contribution in [3.05, 3.63) is 28.8 Å². The van der Waals surface area contributed by atoms with E-state index in [2.05, 4.69) is 4.72 Å². The molecule has 0 aliphatic heterocycles. The molecule has 0 fully saturated rings. The van der Waals surface area contributed by atoms with Gasteiger partial charge in [0, 0.05) is 6.54 Å². The highest BCUT2D eigenvalue weighted by molar-refractivity contribution is 7.89. The number of sulfonamides is 1. The summed E-state index contributed by atoms with van der Waals surface area (Å²) in [5.74, 6) is -3.79. The van der Waals surface area contributed by atoms with E-state index in [0.717, 1.165) is 5.56 Å². The van der Waals surface area contributed by atoms with Gasteiger partial charge in [-0.15, -0.1) is 0 Å². The highest BCUT2D eigenvalue weighted by Gasteiger charge is 2.38. The Hall–Kier alpha value is -2.14. The Morgan fingerprint density at radius 1 is 1.08 bits per heavy atom. The molecule has 1 aromatic carbocycles. The third-order valence-electron chi connectivity index (χ3n) is 2.75. The molecule has 0 atom stereocenters. The van der Waals surface area contributed by atoms with Crippen molar-refractivity contribution >= 4 is 22.0 Å². The van der Waals surface area contributed by atoms with Crippen LogP contribution in [0.3, 0.4) is 0 Å². The molecule has 0 bridgehead atoms. The van der Waals surface area contributed by atoms with Crippen LogP contribution in [0.4, 0.5) is 13.2 Å². The van der Waals surface area contributed by atoms with Crippen LogP contribution in [0.25, 0.3) is 0 Å². The van der Waals surface area contributed by atoms with Gasteiger partial charge in [-0.3, -0.25) is 4.79 Å². The predicted molar refractivity (Wildman–Crippen MR) is 81.8 cm³/mol. The van der Waals surface area contributed by atoms with Gasteiger partial charge in [-0.05, 0) is 31.9 Å². The number of carboxylic acid groups (broad SMARTS) is 2. The van der Waals surface area contributed by atoms with Crippen LogP contribution in [-0.2, 0) is 19.6 Å². The fourth-order valence-corrected chi connectivity index (χ4v) is 3.44. The lowest BCUT2D eigenvalue weighted by molar-refractivity contribution is -0.192. The number of halogens is 3. The van der Waals surface area contributed by atoms with Crippen molar-refractivity contribution in [2.45, 2.75) is 38.3 Å². The maximum Gasteiger partial charge on any atom is 0.490 e. The summed E-state index contributed by atoms with van der Waals surface area (Å²) in [6.45, 7) is 5.25. The minimum Gasteiger partial charge on any atom is -0.481 e. The molecule has 0 saturated heterocycles. The molecule has 3 N–H and O–H groups in total. The van der Waals surface area contributed by atoms with Crippen molar-refractivity contribution in [2.24, 2.45) is 0 Å². The number of carboxylic acids is 2. The molecule has 0 spiro atoms. The lowest BCUT2D eigenvalue weighted by atomic mass is 10.1. The largest absolute Gasteiger partial charge is 0.490 e. The first-order valence-electron chi connectivity index (χ1n) is 6.78. The zero-order valence-corrected chi connectivity index (χ0v) is 14.5. The standard InChI is InChI=1S/C12H17NO4S.C2HF3O2/c1-8-6-9(2)12(10(3)7-8)18(16,17)13-5-4-11(14)15;3-2(4,5)1(6)7/h6-7,13H,4-5H2,1-3H3,(H,14,15);(H,6,7). The van der Waals surface area contributed by atoms with E-state index in [0.29, 0.717) is 11.1 Å². The monoisotopic (exact) mass is 385 g/mol. The molecule has 0 heterocycles. The molecule has 0 aromatic heterocycles. The maximum atomic E-state index is 12.1. The second-order valence-corrected chi connectivity index (χ2v) is 6.78. The quantitative estimate of drug-likeness (QED) is 0.713. The summed E-state index contributed by atoms with van der Waals surface area (Å²) < 4.78 is 58.2. The molecule has 0 amide bonds. The lowest BCUT2D eigenvalue weighted by Gasteiger charge is -2.12. The first-order valence-corrected chi connectivity index (χ1v) is 8.26. The molecule has 1 rings (SSSR count). The molecule has 1 aromatic rings. The van der Waals surface area contributed by atoms with E-state index in [1.54, 1.807) is 26.0 Å². The van der Waals surface area contributed by atoms with Gasteiger partial charge in [-0.2, -0.15) is 13.2 Å². The van der Waals surface area contributed by atoms with E-state index in [1.807, 2.05) is 6.92 Å². The molecule has 0 aliphatic rings. The number of aryl methyl sites for hydroxylation is 3. The molecule has 0 radical (unpaired) electrons. The highest BCUT2D eigenvalue weighted by atomic mass is 32.2. The van der Waals surface area contributed by atoms with E-state index in [9.17, 15) is 26.4 Å². The van der Waals surface area contributed by atoms with Gasteiger partial charge in [0.2, 0.25) is 10.0 Å². The van der Waals surface area contributed by atoms with Gasteiger partial charge in [-0.1, -0.05) is 17.7 Å². The topological polar surface area (TPSA) is 121 Å². The molecule has 0 saturated carbocycles. The lowest BCUT2D eigenvalue weighted by Crippen LogP contribution is -2.27. The Kier molecular flexibility index (Phi) is 8.06. The molecule has 0 aliphatic carbocycles. The van der Waals surface area contributed by atoms with Crippen LogP contribution in [0, 0.1) is 20.8 Å². The minimum absolute atomic E-state index is 0.107. The average Bonchev–Trinajstić information content (AvgIpc) is 2.35. The van der Waals surface area contributed by atoms with E-state index in [4.69, 9.17) is 15.0 Å². The van der Waals surface area contributed by atoms with Gasteiger partial charge in [0.25, 0.3) is 0 Å². The third kappa shape index (κ3) is 7.98. The van der Waals surface area contributed by atoms with Gasteiger partial charge < -0.3 is 10.2 Å². The van der Waals surface area contributed by atoms with Crippen molar-refractivity contribution in [3.63, 3.8) is 0 Å². The van der Waals surface area contributed by atoms with Crippen LogP contribution in [0.1, 0.15) is 23.1 Å². The SMILES string of the molecule is Cc1cc(C)c(S(=O)(=O)NCCC(=O)O)c(C)c1.O=C(O)C(F)(F)F. The third-order valence-corrected chi connectivity index (χ3v) is 4.51. The van der Waals surface area contributed by atoms with Crippen molar-refractivity contribution in [1.29, 1.82) is 0 Å². The summed E-state index contributed by atoms with van der Waals surface area (Å²) in [4.78, 5) is 19.5. The Morgan fingerprint density at radius 2 is 1.48 bits per heavy atom. The van der Waals surface area contributed by atoms with Crippen LogP contribution in [0.15, 0.2) is 17.0 Å². The molecular weight excluding hydrogens is 367 g/mol. The van der Waals surface area contributed by atoms with Gasteiger partial charge in [0.15, 0.2) is 0 Å². The van der Waals surface area contributed by atoms with Crippen LogP contribution >= 0.6 is 0 Å². The first-order chi connectivity index (χ1) is 11.2. The summed E-state index contributed by atoms with van der Waals surface area (Å²) in [6, 6.07) is 3.58. The number of carbonyl (C=O) groups is 2. The fourth-order valence-electron chi connectivity index (χ4n) is 1.96. The average molecular weight is 385 g/mol. The Bertz CT molecular complexity index is 720. The molecule has 7 nitrogen and oxygen atoms in total. The summed E-state index contributed by atoms with van der Waals surface area (Å²) in [7, 11) is -3.65. The molecular formula is C14H18F3NO6S. The van der Waals surface area contributed by atoms with E-state index in [-0.39, 0.29) is 17.9 Å². The molecule has 25 heavy (non-hydrogen) atoms. The molecule has 142 valence electrons. The van der Waals surface area contributed by atoms with Crippen molar-refractivity contribution in [1.82, 2.24) is 4.72 Å². The number of alkyl halides is 3. The van der Waals surface area contributed by atoms with Gasteiger partial charge in [0.1, 0.15) is 0 Å². The molecule has 0 unspecified atom stereocenters. The normalized spacial score (nSPS) is 11.4. The first kappa shape index (κ1) is 22.9. The number of aliphatic carboxylic acids is 2. The number of rotatable bonds is 5. The van der Waals surface area contributed by atoms with Gasteiger partial charge in [-0.25, -0.2) is 17.9 Å². The smallest absolute Gasteiger partial charge is 0.481 e. The number of hydrogen-bond acceptors (Lipinski definition) is 4. The minimum atomic E-state index is -5.08. The van der Waals surface area contributed by atoms with Gasteiger partial charge in [0.05, 0.1) is 11.3 Å².